The van der Waals surface area contributed by atoms with Gasteiger partial charge in [0.25, 0.3) is 0 Å². The number of benzene rings is 1. The predicted octanol–water partition coefficient (Wildman–Crippen LogP) is 1.01. The quantitative estimate of drug-likeness (QED) is 0.636. The van der Waals surface area contributed by atoms with Crippen LogP contribution in [0.25, 0.3) is 6.08 Å². The number of rotatable bonds is 3. The van der Waals surface area contributed by atoms with Crippen molar-refractivity contribution >= 4 is 23.6 Å². The summed E-state index contributed by atoms with van der Waals surface area (Å²) in [5.41, 5.74) is 12.5. The number of hydrogen-bond donors (Lipinski definition) is 2. The van der Waals surface area contributed by atoms with Crippen molar-refractivity contribution in [3.05, 3.63) is 35.9 Å². The Hall–Kier alpha value is -2.30. The van der Waals surface area contributed by atoms with Gasteiger partial charge in [0.2, 0.25) is 11.8 Å². The van der Waals surface area contributed by atoms with Gasteiger partial charge in [0.05, 0.1) is 0 Å². The molecule has 0 aliphatic carbocycles. The van der Waals surface area contributed by atoms with Gasteiger partial charge in [-0.2, -0.15) is 0 Å². The van der Waals surface area contributed by atoms with Crippen molar-refractivity contribution in [1.82, 2.24) is 4.90 Å². The average Bonchev–Trinajstić information content (AvgIpc) is 2.45. The monoisotopic (exact) mass is 273 g/mol. The molecule has 20 heavy (non-hydrogen) atoms. The van der Waals surface area contributed by atoms with E-state index in [0.717, 1.165) is 5.56 Å². The normalized spacial score (nSPS) is 16.5. The Morgan fingerprint density at radius 2 is 1.95 bits per heavy atom. The zero-order chi connectivity index (χ0) is 14.5. The number of carbonyl (C=O) groups is 2. The molecule has 5 heteroatoms. The number of anilines is 1. The van der Waals surface area contributed by atoms with E-state index in [9.17, 15) is 9.59 Å². The topological polar surface area (TPSA) is 89.4 Å². The van der Waals surface area contributed by atoms with Crippen LogP contribution in [0, 0.1) is 5.92 Å². The molecule has 1 heterocycles. The number of nitrogens with two attached hydrogens (primary N) is 2. The van der Waals surface area contributed by atoms with Crippen molar-refractivity contribution in [3.8, 4) is 0 Å². The van der Waals surface area contributed by atoms with Crippen molar-refractivity contribution in [2.75, 3.05) is 18.8 Å². The van der Waals surface area contributed by atoms with Crippen LogP contribution < -0.4 is 11.5 Å². The van der Waals surface area contributed by atoms with Gasteiger partial charge in [-0.3, -0.25) is 9.59 Å². The smallest absolute Gasteiger partial charge is 0.246 e. The fourth-order valence-corrected chi connectivity index (χ4v) is 2.32. The summed E-state index contributed by atoms with van der Waals surface area (Å²) in [7, 11) is 0. The van der Waals surface area contributed by atoms with E-state index >= 15 is 0 Å². The van der Waals surface area contributed by atoms with Gasteiger partial charge in [-0.15, -0.1) is 0 Å². The van der Waals surface area contributed by atoms with Gasteiger partial charge < -0.3 is 16.4 Å². The third-order valence-electron chi connectivity index (χ3n) is 3.54. The number of piperidine rings is 1. The first kappa shape index (κ1) is 14.1. The third kappa shape index (κ3) is 3.60. The molecule has 1 fully saturated rings. The number of amides is 2. The zero-order valence-electron chi connectivity index (χ0n) is 11.3. The van der Waals surface area contributed by atoms with Crippen molar-refractivity contribution in [2.24, 2.45) is 11.7 Å². The van der Waals surface area contributed by atoms with E-state index in [2.05, 4.69) is 0 Å². The third-order valence-corrected chi connectivity index (χ3v) is 3.54. The van der Waals surface area contributed by atoms with Crippen molar-refractivity contribution in [3.63, 3.8) is 0 Å². The number of carbonyl (C=O) groups excluding carboxylic acids is 2. The second-order valence-corrected chi connectivity index (χ2v) is 5.01. The molecule has 1 aliphatic heterocycles. The SMILES string of the molecule is NC(=O)C1CCN(C(=O)/C=C/c2cccc(N)c2)CC1. The molecule has 1 aromatic carbocycles. The lowest BCUT2D eigenvalue weighted by atomic mass is 9.96. The molecule has 0 radical (unpaired) electrons. The molecule has 0 saturated carbocycles. The van der Waals surface area contributed by atoms with E-state index in [1.54, 1.807) is 23.1 Å². The Labute approximate surface area is 118 Å². The fourth-order valence-electron chi connectivity index (χ4n) is 2.32. The van der Waals surface area contributed by atoms with E-state index in [4.69, 9.17) is 11.5 Å². The standard InChI is InChI=1S/C15H19N3O2/c16-13-3-1-2-11(10-13)4-5-14(19)18-8-6-12(7-9-18)15(17)20/h1-5,10,12H,6-9,16H2,(H2,17,20)/b5-4+. The molecule has 2 rings (SSSR count). The van der Waals surface area contributed by atoms with E-state index in [1.807, 2.05) is 18.2 Å². The van der Waals surface area contributed by atoms with Crippen LogP contribution >= 0.6 is 0 Å². The minimum atomic E-state index is -0.271. The second kappa shape index (κ2) is 6.23. The summed E-state index contributed by atoms with van der Waals surface area (Å²) >= 11 is 0. The van der Waals surface area contributed by atoms with Gasteiger partial charge in [-0.05, 0) is 36.6 Å². The highest BCUT2D eigenvalue weighted by atomic mass is 16.2. The van der Waals surface area contributed by atoms with Crippen LogP contribution in [0.4, 0.5) is 5.69 Å². The summed E-state index contributed by atoms with van der Waals surface area (Å²) in [4.78, 5) is 24.8. The van der Waals surface area contributed by atoms with E-state index in [1.165, 1.54) is 0 Å². The summed E-state index contributed by atoms with van der Waals surface area (Å²) in [5.74, 6) is -0.417. The molecule has 106 valence electrons. The summed E-state index contributed by atoms with van der Waals surface area (Å²) in [6.07, 6.45) is 4.58. The Bertz CT molecular complexity index is 532. The van der Waals surface area contributed by atoms with Crippen LogP contribution in [0.5, 0.6) is 0 Å². The molecule has 5 nitrogen and oxygen atoms in total. The van der Waals surface area contributed by atoms with Crippen molar-refractivity contribution < 1.29 is 9.59 Å². The zero-order valence-corrected chi connectivity index (χ0v) is 11.3. The lowest BCUT2D eigenvalue weighted by Crippen LogP contribution is -2.41. The minimum Gasteiger partial charge on any atom is -0.399 e. The average molecular weight is 273 g/mol. The molecule has 0 spiro atoms. The number of hydrogen-bond acceptors (Lipinski definition) is 3. The molecular formula is C15H19N3O2. The molecule has 1 aromatic rings. The molecule has 1 aliphatic rings. The summed E-state index contributed by atoms with van der Waals surface area (Å²) < 4.78 is 0. The Balaban J connectivity index is 1.91. The maximum absolute atomic E-state index is 12.0. The number of primary amides is 1. The molecule has 0 bridgehead atoms. The highest BCUT2D eigenvalue weighted by Crippen LogP contribution is 2.17. The molecule has 1 saturated heterocycles. The molecule has 2 amide bonds. The molecule has 0 aromatic heterocycles. The number of nitrogen functional groups attached to an aromatic ring is 1. The summed E-state index contributed by atoms with van der Waals surface area (Å²) in [6, 6.07) is 7.34. The van der Waals surface area contributed by atoms with E-state index in [-0.39, 0.29) is 17.7 Å². The fraction of sp³-hybridized carbons (Fsp3) is 0.333. The van der Waals surface area contributed by atoms with Gasteiger partial charge in [0.1, 0.15) is 0 Å². The largest absolute Gasteiger partial charge is 0.399 e. The molecule has 0 unspecified atom stereocenters. The lowest BCUT2D eigenvalue weighted by molar-refractivity contribution is -0.130. The predicted molar refractivity (Wildman–Crippen MR) is 78.4 cm³/mol. The van der Waals surface area contributed by atoms with Crippen LogP contribution in [-0.2, 0) is 9.59 Å². The molecule has 0 atom stereocenters. The number of likely N-dealkylation sites (tertiary alicyclic amines) is 1. The minimum absolute atomic E-state index is 0.0460. The van der Waals surface area contributed by atoms with Crippen LogP contribution in [-0.4, -0.2) is 29.8 Å². The van der Waals surface area contributed by atoms with E-state index in [0.29, 0.717) is 31.6 Å². The van der Waals surface area contributed by atoms with Crippen LogP contribution in [0.15, 0.2) is 30.3 Å². The van der Waals surface area contributed by atoms with Gasteiger partial charge in [0.15, 0.2) is 0 Å². The lowest BCUT2D eigenvalue weighted by Gasteiger charge is -2.29. The van der Waals surface area contributed by atoms with Gasteiger partial charge >= 0.3 is 0 Å². The Kier molecular flexibility index (Phi) is 4.40. The maximum Gasteiger partial charge on any atom is 0.246 e. The Morgan fingerprint density at radius 1 is 1.25 bits per heavy atom. The first-order valence-corrected chi connectivity index (χ1v) is 6.68. The first-order chi connectivity index (χ1) is 9.56. The van der Waals surface area contributed by atoms with Crippen molar-refractivity contribution in [2.45, 2.75) is 12.8 Å². The molecule has 4 N–H and O–H groups in total. The highest BCUT2D eigenvalue weighted by Gasteiger charge is 2.24. The highest BCUT2D eigenvalue weighted by molar-refractivity contribution is 5.92. The van der Waals surface area contributed by atoms with Crippen LogP contribution in [0.2, 0.25) is 0 Å². The second-order valence-electron chi connectivity index (χ2n) is 5.01. The maximum atomic E-state index is 12.0. The van der Waals surface area contributed by atoms with Crippen LogP contribution in [0.1, 0.15) is 18.4 Å². The number of nitrogens with zero attached hydrogens (tertiary/aromatic N) is 1. The summed E-state index contributed by atoms with van der Waals surface area (Å²) in [6.45, 7) is 1.15. The van der Waals surface area contributed by atoms with Crippen molar-refractivity contribution in [1.29, 1.82) is 0 Å². The van der Waals surface area contributed by atoms with Gasteiger partial charge in [-0.1, -0.05) is 12.1 Å². The van der Waals surface area contributed by atoms with Gasteiger partial charge in [-0.25, -0.2) is 0 Å². The first-order valence-electron chi connectivity index (χ1n) is 6.68. The van der Waals surface area contributed by atoms with E-state index < -0.39 is 0 Å². The Morgan fingerprint density at radius 3 is 2.55 bits per heavy atom. The summed E-state index contributed by atoms with van der Waals surface area (Å²) in [5, 5.41) is 0. The molecular weight excluding hydrogens is 254 g/mol. The van der Waals surface area contributed by atoms with Gasteiger partial charge in [0, 0.05) is 30.8 Å². The van der Waals surface area contributed by atoms with Crippen LogP contribution in [0.3, 0.4) is 0 Å².